The third kappa shape index (κ3) is 19.0. The second kappa shape index (κ2) is 32.0. The van der Waals surface area contributed by atoms with Crippen LogP contribution in [-0.2, 0) is 65.3 Å². The molecule has 4 aliphatic rings. The smallest absolute Gasteiger partial charge is 0.351 e. The molecule has 498 valence electrons. The van der Waals surface area contributed by atoms with Crippen LogP contribution < -0.4 is 21.3 Å². The van der Waals surface area contributed by atoms with Gasteiger partial charge >= 0.3 is 6.18 Å². The van der Waals surface area contributed by atoms with Gasteiger partial charge in [0.1, 0.15) is 41.8 Å². The van der Waals surface area contributed by atoms with E-state index in [0.717, 1.165) is 58.9 Å². The van der Waals surface area contributed by atoms with Gasteiger partial charge < -0.3 is 55.6 Å². The SMILES string of the molecule is CC[C@H](C)[C@@H]1NC(=O)[C@H](CC(C)C)N(C)C(=O)C[C@@H](C)NC(=O)[C@H](C(C)C)N(C)C(=O)C2(CCC2)NC(=O)[C@@H]2CCCN2C(=O)[C@H](CCc2ccc(C(F)(F)F)c(Cl)c2)NC(=O)CN(C)C(=O)[C@H](CC2CCCCC2)N(C)C(=O)CN(C)C(=O)CN(C)C1=O. The first-order chi connectivity index (χ1) is 41.6. The molecule has 0 bridgehead atoms. The zero-order chi connectivity index (χ0) is 66.6. The van der Waals surface area contributed by atoms with E-state index in [1.54, 1.807) is 27.7 Å². The van der Waals surface area contributed by atoms with Crippen LogP contribution in [0.4, 0.5) is 13.2 Å². The number of alkyl halides is 3. The lowest BCUT2D eigenvalue weighted by Gasteiger charge is -2.46. The molecule has 1 aromatic rings. The summed E-state index contributed by atoms with van der Waals surface area (Å²) in [6.07, 6.45) is 1.51. The number of amides is 11. The lowest BCUT2D eigenvalue weighted by molar-refractivity contribution is -0.152. The van der Waals surface area contributed by atoms with Crippen molar-refractivity contribution in [3.8, 4) is 0 Å². The highest BCUT2D eigenvalue weighted by molar-refractivity contribution is 6.31. The van der Waals surface area contributed by atoms with Crippen LogP contribution in [0.1, 0.15) is 156 Å². The number of halogens is 4. The molecular formula is C63H97ClF3N11O11. The van der Waals surface area contributed by atoms with E-state index < -0.39 is 161 Å². The van der Waals surface area contributed by atoms with E-state index in [1.807, 2.05) is 20.8 Å². The Balaban J connectivity index is 1.53. The Bertz CT molecular complexity index is 2740. The molecule has 4 N–H and O–H groups in total. The van der Waals surface area contributed by atoms with E-state index in [4.69, 9.17) is 11.6 Å². The highest BCUT2D eigenvalue weighted by atomic mass is 35.5. The van der Waals surface area contributed by atoms with Gasteiger partial charge in [0, 0.05) is 61.3 Å². The summed E-state index contributed by atoms with van der Waals surface area (Å²) in [5, 5.41) is 10.9. The molecule has 89 heavy (non-hydrogen) atoms. The Kier molecular flexibility index (Phi) is 26.3. The van der Waals surface area contributed by atoms with Crippen LogP contribution in [0.3, 0.4) is 0 Å². The summed E-state index contributed by atoms with van der Waals surface area (Å²) < 4.78 is 41.2. The van der Waals surface area contributed by atoms with E-state index in [2.05, 4.69) is 21.3 Å². The minimum atomic E-state index is -4.74. The summed E-state index contributed by atoms with van der Waals surface area (Å²) in [6, 6.07) is -4.58. The van der Waals surface area contributed by atoms with Crippen LogP contribution >= 0.6 is 11.6 Å². The second-order valence-corrected chi connectivity index (χ2v) is 26.6. The Morgan fingerprint density at radius 1 is 0.663 bits per heavy atom. The normalized spacial score (nSPS) is 26.3. The standard InChI is InChI=1S/C63H97ClF3N11O11/c1-14-39(6)53-60(88)74(10)35-51(81)72(8)36-52(82)76(12)48(33-41-20-16-15-17-21-41)59(87)73(9)34-49(79)69-45(26-24-42-23-25-43(44(64)32-42)63(65,66)67)58(86)78-29-18-22-46(78)56(84)71-62(27-19-28-62)61(89)77(13)54(38(4)5)57(85)68-40(7)31-50(80)75(11)47(30-37(2)3)55(83)70-53/h23,25,32,37-41,45-48,53-54H,14-22,24,26-31,33-36H2,1-13H3,(H,68,85)(H,69,79)(H,70,83)(H,71,84)/t39-,40+,45-,46-,47-,48-,53-,54-/m0/s1. The van der Waals surface area contributed by atoms with Crippen molar-refractivity contribution < 1.29 is 65.9 Å². The van der Waals surface area contributed by atoms with E-state index in [0.29, 0.717) is 24.8 Å². The van der Waals surface area contributed by atoms with Gasteiger partial charge in [-0.05, 0) is 106 Å². The number of carbonyl (C=O) groups is 11. The molecule has 0 radical (unpaired) electrons. The number of aryl methyl sites for hydroxylation is 1. The number of fused-ring (bicyclic) bond motifs is 1. The topological polar surface area (TPSA) is 259 Å². The van der Waals surface area contributed by atoms with Gasteiger partial charge in [0.05, 0.1) is 30.2 Å². The van der Waals surface area contributed by atoms with Crippen LogP contribution in [0.15, 0.2) is 18.2 Å². The summed E-state index contributed by atoms with van der Waals surface area (Å²) in [7, 11) is 8.52. The maximum atomic E-state index is 14.9. The number of hydrogen-bond acceptors (Lipinski definition) is 11. The largest absolute Gasteiger partial charge is 0.417 e. The molecule has 0 unspecified atom stereocenters. The van der Waals surface area contributed by atoms with E-state index in [1.165, 1.54) is 68.0 Å². The maximum absolute atomic E-state index is 14.9. The van der Waals surface area contributed by atoms with Gasteiger partial charge in [-0.25, -0.2) is 0 Å². The molecule has 2 heterocycles. The number of benzene rings is 1. The lowest BCUT2D eigenvalue weighted by atomic mass is 9.75. The zero-order valence-electron chi connectivity index (χ0n) is 54.4. The molecule has 2 saturated carbocycles. The van der Waals surface area contributed by atoms with Crippen molar-refractivity contribution in [2.75, 3.05) is 68.5 Å². The van der Waals surface area contributed by atoms with Crippen molar-refractivity contribution >= 4 is 76.6 Å². The highest BCUT2D eigenvalue weighted by Crippen LogP contribution is 2.37. The van der Waals surface area contributed by atoms with Crippen molar-refractivity contribution in [3.05, 3.63) is 34.3 Å². The zero-order valence-corrected chi connectivity index (χ0v) is 55.1. The van der Waals surface area contributed by atoms with Crippen molar-refractivity contribution in [3.63, 3.8) is 0 Å². The van der Waals surface area contributed by atoms with Crippen LogP contribution in [-0.4, -0.2) is 216 Å². The average Bonchev–Trinajstić information content (AvgIpc) is 2.54. The van der Waals surface area contributed by atoms with Crippen LogP contribution in [0.5, 0.6) is 0 Å². The predicted octanol–water partition coefficient (Wildman–Crippen LogP) is 4.77. The highest BCUT2D eigenvalue weighted by Gasteiger charge is 2.51. The first-order valence-corrected chi connectivity index (χ1v) is 31.9. The van der Waals surface area contributed by atoms with Gasteiger partial charge in [-0.3, -0.25) is 52.7 Å². The van der Waals surface area contributed by atoms with E-state index >= 15 is 0 Å². The van der Waals surface area contributed by atoms with Crippen LogP contribution in [0.25, 0.3) is 0 Å². The summed E-state index contributed by atoms with van der Waals surface area (Å²) in [6.45, 7) is 10.9. The molecular weight excluding hydrogens is 1180 g/mol. The summed E-state index contributed by atoms with van der Waals surface area (Å²) >= 11 is 6.10. The van der Waals surface area contributed by atoms with Gasteiger partial charge in [-0.1, -0.05) is 97.7 Å². The first-order valence-electron chi connectivity index (χ1n) is 31.5. The molecule has 8 atom stereocenters. The number of nitrogens with zero attached hydrogens (tertiary/aromatic N) is 7. The number of hydrogen-bond donors (Lipinski definition) is 4. The van der Waals surface area contributed by atoms with Crippen molar-refractivity contribution in [2.45, 2.75) is 205 Å². The fourth-order valence-corrected chi connectivity index (χ4v) is 12.9. The Morgan fingerprint density at radius 3 is 1.85 bits per heavy atom. The molecule has 2 aliphatic heterocycles. The van der Waals surface area contributed by atoms with Crippen molar-refractivity contribution in [1.82, 2.24) is 55.6 Å². The number of nitrogens with one attached hydrogen (secondary N) is 4. The Morgan fingerprint density at radius 2 is 1.28 bits per heavy atom. The van der Waals surface area contributed by atoms with Gasteiger partial charge in [-0.15, -0.1) is 0 Å². The fourth-order valence-electron chi connectivity index (χ4n) is 12.6. The average molecular weight is 1280 g/mol. The third-order valence-corrected chi connectivity index (χ3v) is 18.7. The molecule has 5 rings (SSSR count). The number of carbonyl (C=O) groups excluding carboxylic acids is 11. The predicted molar refractivity (Wildman–Crippen MR) is 328 cm³/mol. The Labute approximate surface area is 527 Å². The molecule has 1 aromatic carbocycles. The molecule has 22 nitrogen and oxygen atoms in total. The second-order valence-electron chi connectivity index (χ2n) is 26.2. The molecule has 11 amide bonds. The van der Waals surface area contributed by atoms with Crippen molar-refractivity contribution in [2.24, 2.45) is 23.7 Å². The molecule has 1 spiro atoms. The molecule has 4 fully saturated rings. The van der Waals surface area contributed by atoms with Crippen molar-refractivity contribution in [1.29, 1.82) is 0 Å². The van der Waals surface area contributed by atoms with Crippen LogP contribution in [0.2, 0.25) is 5.02 Å². The quantitative estimate of drug-likeness (QED) is 0.248. The monoisotopic (exact) mass is 1280 g/mol. The minimum Gasteiger partial charge on any atom is -0.351 e. The van der Waals surface area contributed by atoms with Gasteiger partial charge in [0.15, 0.2) is 0 Å². The lowest BCUT2D eigenvalue weighted by Crippen LogP contribution is -2.68. The van der Waals surface area contributed by atoms with Crippen LogP contribution in [0, 0.1) is 23.7 Å². The Hall–Kier alpha value is -6.53. The van der Waals surface area contributed by atoms with Gasteiger partial charge in [0.2, 0.25) is 65.0 Å². The summed E-state index contributed by atoms with van der Waals surface area (Å²) in [5.41, 5.74) is -2.22. The number of likely N-dealkylation sites (N-methyl/N-ethyl adjacent to an activating group) is 6. The molecule has 2 aliphatic carbocycles. The molecule has 0 aromatic heterocycles. The maximum Gasteiger partial charge on any atom is 0.417 e. The van der Waals surface area contributed by atoms with E-state index in [9.17, 15) is 65.9 Å². The fraction of sp³-hybridized carbons (Fsp3) is 0.730. The third-order valence-electron chi connectivity index (χ3n) is 18.4. The molecule has 26 heteroatoms. The minimum absolute atomic E-state index is 0.0344. The van der Waals surface area contributed by atoms with E-state index in [-0.39, 0.29) is 69.7 Å². The molecule has 2 saturated heterocycles. The first kappa shape index (κ1) is 73.2. The summed E-state index contributed by atoms with van der Waals surface area (Å²) in [5.74, 6) is -7.83. The number of rotatable bonds is 10. The van der Waals surface area contributed by atoms with Gasteiger partial charge in [-0.2, -0.15) is 13.2 Å². The summed E-state index contributed by atoms with van der Waals surface area (Å²) in [4.78, 5) is 167. The van der Waals surface area contributed by atoms with Gasteiger partial charge in [0.25, 0.3) is 0 Å².